The van der Waals surface area contributed by atoms with E-state index >= 15 is 0 Å². The molecule has 0 amide bonds. The zero-order valence-corrected chi connectivity index (χ0v) is 18.1. The second kappa shape index (κ2) is 6.18. The lowest BCUT2D eigenvalue weighted by Gasteiger charge is -2.55. The zero-order valence-electron chi connectivity index (χ0n) is 18.1. The number of nitrogens with one attached hydrogen (secondary N) is 1. The van der Waals surface area contributed by atoms with Gasteiger partial charge < -0.3 is 19.5 Å². The van der Waals surface area contributed by atoms with Gasteiger partial charge in [0.15, 0.2) is 5.79 Å². The lowest BCUT2D eigenvalue weighted by molar-refractivity contribution is -0.157. The Labute approximate surface area is 169 Å². The minimum absolute atomic E-state index is 0.00789. The smallest absolute Gasteiger partial charge is 0.309 e. The first-order valence-electron chi connectivity index (χ1n) is 11.4. The predicted molar refractivity (Wildman–Crippen MR) is 106 cm³/mol. The molecule has 2 aliphatic heterocycles. The van der Waals surface area contributed by atoms with Crippen molar-refractivity contribution in [1.82, 2.24) is 5.32 Å². The zero-order chi connectivity index (χ0) is 19.9. The summed E-state index contributed by atoms with van der Waals surface area (Å²) in [5, 5.41) is 3.58. The normalized spacial score (nSPS) is 54.8. The maximum Gasteiger partial charge on any atom is 0.309 e. The van der Waals surface area contributed by atoms with Gasteiger partial charge in [0.1, 0.15) is 0 Å². The molecule has 158 valence electrons. The molecule has 0 radical (unpaired) electrons. The Hall–Kier alpha value is -0.650. The summed E-state index contributed by atoms with van der Waals surface area (Å²) < 4.78 is 18.4. The monoisotopic (exact) mass is 391 g/mol. The molecule has 3 aliphatic carbocycles. The predicted octanol–water partition coefficient (Wildman–Crippen LogP) is 3.51. The summed E-state index contributed by atoms with van der Waals surface area (Å²) in [5.74, 6) is 1.05. The van der Waals surface area contributed by atoms with Crippen LogP contribution in [0, 0.1) is 34.5 Å². The fourth-order valence-electron chi connectivity index (χ4n) is 8.23. The van der Waals surface area contributed by atoms with E-state index in [1.54, 1.807) is 0 Å². The molecular weight excluding hydrogens is 354 g/mol. The van der Waals surface area contributed by atoms with Crippen LogP contribution in [0.4, 0.5) is 0 Å². The van der Waals surface area contributed by atoms with Crippen molar-refractivity contribution in [2.75, 3.05) is 13.7 Å². The van der Waals surface area contributed by atoms with Crippen LogP contribution >= 0.6 is 0 Å². The number of ether oxygens (including phenoxy) is 3. The van der Waals surface area contributed by atoms with Gasteiger partial charge in [0.05, 0.1) is 24.7 Å². The van der Waals surface area contributed by atoms with Crippen LogP contribution in [-0.2, 0) is 19.0 Å². The Kier molecular flexibility index (Phi) is 4.26. The molecule has 0 spiro atoms. The van der Waals surface area contributed by atoms with E-state index < -0.39 is 5.79 Å². The number of carbonyl (C=O) groups excluding carboxylic acids is 1. The largest absolute Gasteiger partial charge is 0.465 e. The summed E-state index contributed by atoms with van der Waals surface area (Å²) in [6.45, 7) is 9.43. The number of rotatable bonds is 1. The molecule has 0 aromatic rings. The minimum Gasteiger partial charge on any atom is -0.465 e. The van der Waals surface area contributed by atoms with E-state index in [-0.39, 0.29) is 29.5 Å². The van der Waals surface area contributed by atoms with Gasteiger partial charge in [0.2, 0.25) is 0 Å². The van der Waals surface area contributed by atoms with E-state index in [0.717, 1.165) is 12.8 Å². The molecule has 5 nitrogen and oxygen atoms in total. The van der Waals surface area contributed by atoms with Crippen molar-refractivity contribution in [2.24, 2.45) is 34.5 Å². The Balaban J connectivity index is 1.48. The Morgan fingerprint density at radius 3 is 2.43 bits per heavy atom. The summed E-state index contributed by atoms with van der Waals surface area (Å²) in [6, 6.07) is 0.587. The summed E-state index contributed by atoms with van der Waals surface area (Å²) in [4.78, 5) is 13.1. The molecule has 3 saturated carbocycles. The number of carbonyl (C=O) groups is 1. The molecule has 2 heterocycles. The van der Waals surface area contributed by atoms with Gasteiger partial charge in [-0.3, -0.25) is 4.79 Å². The first-order valence-corrected chi connectivity index (χ1v) is 11.4. The molecular formula is C23H37NO4. The highest BCUT2D eigenvalue weighted by molar-refractivity contribution is 5.74. The highest BCUT2D eigenvalue weighted by atomic mass is 16.8. The van der Waals surface area contributed by atoms with Gasteiger partial charge in [-0.2, -0.15) is 0 Å². The van der Waals surface area contributed by atoms with Crippen molar-refractivity contribution >= 4 is 5.97 Å². The van der Waals surface area contributed by atoms with Gasteiger partial charge in [-0.25, -0.2) is 0 Å². The van der Waals surface area contributed by atoms with E-state index in [2.05, 4.69) is 26.2 Å². The Bertz CT molecular complexity index is 665. The van der Waals surface area contributed by atoms with Gasteiger partial charge in [-0.05, 0) is 88.0 Å². The maximum absolute atomic E-state index is 13.1. The van der Waals surface area contributed by atoms with E-state index in [9.17, 15) is 4.79 Å². The summed E-state index contributed by atoms with van der Waals surface area (Å²) in [6.07, 6.45) is 6.72. The van der Waals surface area contributed by atoms with Gasteiger partial charge in [-0.15, -0.1) is 0 Å². The number of esters is 1. The first kappa shape index (κ1) is 19.3. The van der Waals surface area contributed by atoms with Crippen molar-refractivity contribution in [1.29, 1.82) is 0 Å². The number of cyclic esters (lactones) is 1. The summed E-state index contributed by atoms with van der Waals surface area (Å²) in [5.41, 5.74) is 0.271. The second-order valence-corrected chi connectivity index (χ2v) is 11.2. The molecule has 28 heavy (non-hydrogen) atoms. The fourth-order valence-corrected chi connectivity index (χ4v) is 8.23. The lowest BCUT2D eigenvalue weighted by Crippen LogP contribution is -2.55. The first-order chi connectivity index (χ1) is 13.2. The number of hydrogen-bond donors (Lipinski definition) is 1. The average Bonchev–Trinajstić information content (AvgIpc) is 3.08. The summed E-state index contributed by atoms with van der Waals surface area (Å²) >= 11 is 0. The molecule has 0 aromatic heterocycles. The molecule has 5 rings (SSSR count). The highest BCUT2D eigenvalue weighted by Crippen LogP contribution is 2.64. The summed E-state index contributed by atoms with van der Waals surface area (Å²) in [7, 11) is 2.11. The lowest BCUT2D eigenvalue weighted by atomic mass is 9.49. The van der Waals surface area contributed by atoms with E-state index in [4.69, 9.17) is 14.2 Å². The maximum atomic E-state index is 13.1. The standard InChI is InChI=1S/C23H37NO4/c1-21(2)27-17-10-16-20(25)26-12-13-14-6-7-19(24-5)22(14,3)9-8-15(13)23(16,4)11-18(17)28-21/h13-19,24H,6-12H2,1-5H3/t13-,14-,15-,16+,17-,18+,19-,22-,23+/m0/s1. The van der Waals surface area contributed by atoms with Gasteiger partial charge in [-0.1, -0.05) is 13.8 Å². The molecule has 0 bridgehead atoms. The quantitative estimate of drug-likeness (QED) is 0.693. The third-order valence-corrected chi connectivity index (χ3v) is 9.53. The van der Waals surface area contributed by atoms with Gasteiger partial charge in [0, 0.05) is 6.04 Å². The molecule has 0 aromatic carbocycles. The van der Waals surface area contributed by atoms with E-state index in [1.165, 1.54) is 25.7 Å². The van der Waals surface area contributed by atoms with Gasteiger partial charge in [0.25, 0.3) is 0 Å². The molecule has 2 saturated heterocycles. The van der Waals surface area contributed by atoms with Crippen LogP contribution in [0.3, 0.4) is 0 Å². The number of fused-ring (bicyclic) bond motifs is 6. The Morgan fingerprint density at radius 2 is 1.68 bits per heavy atom. The molecule has 0 unspecified atom stereocenters. The molecule has 5 aliphatic rings. The van der Waals surface area contributed by atoms with Crippen LogP contribution in [0.15, 0.2) is 0 Å². The van der Waals surface area contributed by atoms with Crippen molar-refractivity contribution in [3.63, 3.8) is 0 Å². The van der Waals surface area contributed by atoms with Crippen LogP contribution in [0.2, 0.25) is 0 Å². The third kappa shape index (κ3) is 2.58. The SMILES string of the molecule is CN[C@H]1CC[C@H]2[C@@H]3COC(=O)[C@H]4C[C@@H]5OC(C)(C)O[C@@H]5C[C@]4(C)[C@H]3CC[C@]12C. The highest BCUT2D eigenvalue weighted by Gasteiger charge is 2.63. The van der Waals surface area contributed by atoms with Crippen LogP contribution in [0.25, 0.3) is 0 Å². The molecule has 1 N–H and O–H groups in total. The average molecular weight is 392 g/mol. The van der Waals surface area contributed by atoms with Gasteiger partial charge >= 0.3 is 5.97 Å². The fraction of sp³-hybridized carbons (Fsp3) is 0.957. The topological polar surface area (TPSA) is 56.8 Å². The molecule has 5 fully saturated rings. The van der Waals surface area contributed by atoms with Crippen LogP contribution in [-0.4, -0.2) is 43.7 Å². The van der Waals surface area contributed by atoms with Crippen LogP contribution < -0.4 is 5.32 Å². The van der Waals surface area contributed by atoms with Crippen molar-refractivity contribution in [3.05, 3.63) is 0 Å². The minimum atomic E-state index is -0.546. The molecule has 9 atom stereocenters. The van der Waals surface area contributed by atoms with Crippen molar-refractivity contribution < 1.29 is 19.0 Å². The van der Waals surface area contributed by atoms with Crippen LogP contribution in [0.5, 0.6) is 0 Å². The van der Waals surface area contributed by atoms with Crippen LogP contribution in [0.1, 0.15) is 66.2 Å². The van der Waals surface area contributed by atoms with E-state index in [1.807, 2.05) is 13.8 Å². The molecule has 5 heteroatoms. The third-order valence-electron chi connectivity index (χ3n) is 9.53. The number of hydrogen-bond acceptors (Lipinski definition) is 5. The van der Waals surface area contributed by atoms with E-state index in [0.29, 0.717) is 35.8 Å². The van der Waals surface area contributed by atoms with Crippen molar-refractivity contribution in [3.8, 4) is 0 Å². The van der Waals surface area contributed by atoms with Crippen molar-refractivity contribution in [2.45, 2.75) is 90.3 Å². The second-order valence-electron chi connectivity index (χ2n) is 11.2. The Morgan fingerprint density at radius 1 is 0.964 bits per heavy atom.